The van der Waals surface area contributed by atoms with Crippen LogP contribution in [-0.2, 0) is 29.2 Å². The highest BCUT2D eigenvalue weighted by molar-refractivity contribution is 7.88. The Bertz CT molecular complexity index is 1390. The predicted molar refractivity (Wildman–Crippen MR) is 180 cm³/mol. The fraction of sp³-hybridized carbons (Fsp3) is 0.727. The van der Waals surface area contributed by atoms with Crippen LogP contribution in [0.3, 0.4) is 0 Å². The maximum atomic E-state index is 14.3. The molecule has 264 valence electrons. The first-order valence-corrected chi connectivity index (χ1v) is 17.7. The van der Waals surface area contributed by atoms with E-state index in [0.717, 1.165) is 10.6 Å². The minimum absolute atomic E-state index is 0.0157. The summed E-state index contributed by atoms with van der Waals surface area (Å²) in [5.74, 6) is -0.516. The second-order valence-electron chi connectivity index (χ2n) is 15.4. The van der Waals surface area contributed by atoms with Crippen molar-refractivity contribution in [3.63, 3.8) is 0 Å². The summed E-state index contributed by atoms with van der Waals surface area (Å²) in [7, 11) is -2.08. The second kappa shape index (κ2) is 14.8. The van der Waals surface area contributed by atoms with Crippen LogP contribution in [0.15, 0.2) is 12.7 Å². The Kier molecular flexibility index (Phi) is 12.5. The maximum Gasteiger partial charge on any atom is 0.315 e. The van der Waals surface area contributed by atoms with Crippen molar-refractivity contribution < 1.29 is 32.4 Å². The number of fused-ring (bicyclic) bond motifs is 1. The number of terminal acetylenes is 1. The molecule has 1 saturated heterocycles. The first-order chi connectivity index (χ1) is 21.4. The lowest BCUT2D eigenvalue weighted by Gasteiger charge is -2.39. The summed E-state index contributed by atoms with van der Waals surface area (Å²) in [5, 5.41) is 10.8. The third kappa shape index (κ3) is 9.79. The topological polar surface area (TPSA) is 174 Å². The number of piperidine rings is 1. The van der Waals surface area contributed by atoms with Gasteiger partial charge in [0.2, 0.25) is 27.6 Å². The first-order valence-electron chi connectivity index (χ1n) is 15.8. The van der Waals surface area contributed by atoms with E-state index in [1.165, 1.54) is 18.0 Å². The molecule has 1 aliphatic heterocycles. The van der Waals surface area contributed by atoms with Crippen molar-refractivity contribution in [2.24, 2.45) is 28.1 Å². The highest BCUT2D eigenvalue weighted by Gasteiger charge is 2.70. The normalized spacial score (nSPS) is 22.2. The van der Waals surface area contributed by atoms with Gasteiger partial charge in [-0.25, -0.2) is 17.5 Å². The highest BCUT2D eigenvalue weighted by Crippen LogP contribution is 2.65. The summed E-state index contributed by atoms with van der Waals surface area (Å²) in [6.07, 6.45) is 8.10. The Balaban J connectivity index is 2.35. The van der Waals surface area contributed by atoms with Gasteiger partial charge in [-0.3, -0.25) is 19.2 Å². The number of urea groups is 1. The number of sulfonamides is 1. The molecule has 2 aliphatic rings. The number of likely N-dealkylation sites (tertiary alicyclic amines) is 1. The molecule has 13 nitrogen and oxygen atoms in total. The summed E-state index contributed by atoms with van der Waals surface area (Å²) in [4.78, 5) is 68.5. The van der Waals surface area contributed by atoms with Crippen LogP contribution in [-0.4, -0.2) is 104 Å². The molecule has 2 rings (SSSR count). The van der Waals surface area contributed by atoms with Crippen molar-refractivity contribution in [1.29, 1.82) is 0 Å². The van der Waals surface area contributed by atoms with Gasteiger partial charge in [0, 0.05) is 39.1 Å². The molecule has 0 bridgehead atoms. The molecular weight excluding hydrogens is 624 g/mol. The number of rotatable bonds is 14. The lowest BCUT2D eigenvalue weighted by Crippen LogP contribution is -2.62. The molecule has 0 radical (unpaired) electrons. The van der Waals surface area contributed by atoms with Crippen molar-refractivity contribution in [2.75, 3.05) is 32.9 Å². The number of carbonyl (C=O) groups is 5. The number of carbonyl (C=O) groups excluding carboxylic acids is 5. The van der Waals surface area contributed by atoms with E-state index < -0.39 is 74.6 Å². The van der Waals surface area contributed by atoms with Gasteiger partial charge >= 0.3 is 6.03 Å². The molecule has 1 saturated carbocycles. The average molecular weight is 679 g/mol. The largest absolute Gasteiger partial charge is 0.346 e. The Morgan fingerprint density at radius 1 is 1.06 bits per heavy atom. The Hall–Kier alpha value is -3.44. The first kappa shape index (κ1) is 39.7. The third-order valence-corrected chi connectivity index (χ3v) is 10.6. The fourth-order valence-electron chi connectivity index (χ4n) is 6.05. The van der Waals surface area contributed by atoms with E-state index >= 15 is 0 Å². The van der Waals surface area contributed by atoms with Gasteiger partial charge in [0.15, 0.2) is 0 Å². The standard InChI is InChI=1S/C33H54N6O7S/c1-13-15-16-21(25(40)28(42)34-17-14-2)35-27(41)24-23-20(33(23,9)10)18-39(24)29(43)26(32(6,7)8)37-30(44)36-22(31(3,4)5)19-38(11)47(12,45)46/h1,14,20-24,26H,2,15-19H2,3-12H3,(H,34,42)(H,35,41)(H2,36,37,44)/t20-,21?,22+,23-,24-,26+/m0/s1. The van der Waals surface area contributed by atoms with Crippen molar-refractivity contribution >= 4 is 39.6 Å². The van der Waals surface area contributed by atoms with Crippen molar-refractivity contribution in [2.45, 2.75) is 92.4 Å². The van der Waals surface area contributed by atoms with Crippen molar-refractivity contribution in [3.8, 4) is 12.3 Å². The smallest absolute Gasteiger partial charge is 0.315 e. The van der Waals surface area contributed by atoms with Crippen LogP contribution in [0.1, 0.15) is 68.2 Å². The van der Waals surface area contributed by atoms with E-state index in [1.54, 1.807) is 20.8 Å². The lowest BCUT2D eigenvalue weighted by molar-refractivity contribution is -0.145. The Morgan fingerprint density at radius 2 is 1.66 bits per heavy atom. The van der Waals surface area contributed by atoms with E-state index in [0.29, 0.717) is 0 Å². The van der Waals surface area contributed by atoms with Gasteiger partial charge in [0.05, 0.1) is 12.3 Å². The van der Waals surface area contributed by atoms with Crippen LogP contribution in [0.4, 0.5) is 4.79 Å². The van der Waals surface area contributed by atoms with Crippen LogP contribution in [0, 0.1) is 40.4 Å². The number of amides is 5. The van der Waals surface area contributed by atoms with E-state index in [4.69, 9.17) is 6.42 Å². The Morgan fingerprint density at radius 3 is 2.15 bits per heavy atom. The molecule has 0 spiro atoms. The molecule has 1 unspecified atom stereocenters. The number of nitrogens with one attached hydrogen (secondary N) is 4. The van der Waals surface area contributed by atoms with Gasteiger partial charge in [-0.2, -0.15) is 0 Å². The molecule has 5 amide bonds. The molecule has 2 fully saturated rings. The Labute approximate surface area is 280 Å². The minimum Gasteiger partial charge on any atom is -0.346 e. The molecular formula is C33H54N6O7S. The molecule has 1 heterocycles. The molecule has 6 atom stereocenters. The summed E-state index contributed by atoms with van der Waals surface area (Å²) in [6, 6.07) is -4.45. The summed E-state index contributed by atoms with van der Waals surface area (Å²) in [5.41, 5.74) is -1.56. The summed E-state index contributed by atoms with van der Waals surface area (Å²) in [6.45, 7) is 18.9. The second-order valence-corrected chi connectivity index (χ2v) is 17.5. The van der Waals surface area contributed by atoms with E-state index in [1.807, 2.05) is 34.6 Å². The highest BCUT2D eigenvalue weighted by atomic mass is 32.2. The van der Waals surface area contributed by atoms with E-state index in [2.05, 4.69) is 33.8 Å². The quantitative estimate of drug-likeness (QED) is 0.122. The van der Waals surface area contributed by atoms with Crippen LogP contribution in [0.5, 0.6) is 0 Å². The molecule has 1 aliphatic carbocycles. The van der Waals surface area contributed by atoms with Gasteiger partial charge in [-0.05, 0) is 34.5 Å². The lowest BCUT2D eigenvalue weighted by atomic mass is 9.85. The van der Waals surface area contributed by atoms with Crippen molar-refractivity contribution in [1.82, 2.24) is 30.5 Å². The SMILES string of the molecule is C#CCCC(NC(=O)[C@@H]1[C@@H]2[C@H](CN1C(=O)[C@@H](NC(=O)N[C@H](CN(C)S(C)(=O)=O)C(C)(C)C)C(C)(C)C)C2(C)C)C(=O)C(=O)NCC=C. The third-order valence-electron chi connectivity index (χ3n) is 9.35. The van der Waals surface area contributed by atoms with Crippen LogP contribution in [0.25, 0.3) is 0 Å². The van der Waals surface area contributed by atoms with Gasteiger partial charge in [0.1, 0.15) is 12.1 Å². The van der Waals surface area contributed by atoms with E-state index in [9.17, 15) is 32.4 Å². The number of nitrogens with zero attached hydrogens (tertiary/aromatic N) is 2. The van der Waals surface area contributed by atoms with Gasteiger partial charge in [0.25, 0.3) is 5.91 Å². The van der Waals surface area contributed by atoms with E-state index in [-0.39, 0.29) is 49.7 Å². The van der Waals surface area contributed by atoms with Crippen LogP contribution in [0.2, 0.25) is 0 Å². The van der Waals surface area contributed by atoms with Crippen LogP contribution < -0.4 is 21.3 Å². The zero-order valence-corrected chi connectivity index (χ0v) is 30.3. The molecule has 4 N–H and O–H groups in total. The zero-order chi connectivity index (χ0) is 36.3. The molecule has 0 aromatic heterocycles. The number of ketones is 1. The van der Waals surface area contributed by atoms with Crippen LogP contribution >= 0.6 is 0 Å². The number of hydrogen-bond acceptors (Lipinski definition) is 7. The molecule has 47 heavy (non-hydrogen) atoms. The summed E-state index contributed by atoms with van der Waals surface area (Å²) < 4.78 is 25.3. The number of hydrogen-bond donors (Lipinski definition) is 4. The molecule has 0 aromatic carbocycles. The van der Waals surface area contributed by atoms with Gasteiger partial charge < -0.3 is 26.2 Å². The predicted octanol–water partition coefficient (Wildman–Crippen LogP) is 1.26. The maximum absolute atomic E-state index is 14.3. The number of Topliss-reactive ketones (excluding diaryl/α,β-unsaturated/α-hetero) is 1. The summed E-state index contributed by atoms with van der Waals surface area (Å²) >= 11 is 0. The monoisotopic (exact) mass is 678 g/mol. The molecule has 14 heteroatoms. The van der Waals surface area contributed by atoms with Crippen molar-refractivity contribution in [3.05, 3.63) is 12.7 Å². The molecule has 0 aromatic rings. The minimum atomic E-state index is -3.51. The zero-order valence-electron chi connectivity index (χ0n) is 29.5. The van der Waals surface area contributed by atoms with Gasteiger partial charge in [-0.1, -0.05) is 61.5 Å². The number of likely N-dealkylation sites (N-methyl/N-ethyl adjacent to an activating group) is 1. The average Bonchev–Trinajstić information content (AvgIpc) is 3.26. The fourth-order valence-corrected chi connectivity index (χ4v) is 6.47. The van der Waals surface area contributed by atoms with Gasteiger partial charge in [-0.15, -0.1) is 18.9 Å².